The predicted molar refractivity (Wildman–Crippen MR) is 83.0 cm³/mol. The number of carbonyl (C=O) groups excluding carboxylic acids is 1. The van der Waals surface area contributed by atoms with Crippen LogP contribution in [0.5, 0.6) is 0 Å². The Labute approximate surface area is 128 Å². The molecule has 0 spiro atoms. The van der Waals surface area contributed by atoms with Gasteiger partial charge in [0.25, 0.3) is 5.91 Å². The maximum absolute atomic E-state index is 12.5. The van der Waals surface area contributed by atoms with Gasteiger partial charge in [0.15, 0.2) is 0 Å². The molecule has 1 aliphatic heterocycles. The van der Waals surface area contributed by atoms with Gasteiger partial charge in [0.05, 0.1) is 18.0 Å². The van der Waals surface area contributed by atoms with Crippen molar-refractivity contribution in [3.63, 3.8) is 0 Å². The van der Waals surface area contributed by atoms with Crippen LogP contribution in [0.3, 0.4) is 0 Å². The first-order valence-electron chi connectivity index (χ1n) is 6.73. The van der Waals surface area contributed by atoms with E-state index in [4.69, 9.17) is 5.11 Å². The van der Waals surface area contributed by atoms with Crippen LogP contribution >= 0.6 is 11.8 Å². The van der Waals surface area contributed by atoms with Crippen LogP contribution in [0.2, 0.25) is 0 Å². The van der Waals surface area contributed by atoms with E-state index in [1.165, 1.54) is 0 Å². The number of hydrogen-bond donors (Lipinski definition) is 1. The van der Waals surface area contributed by atoms with Crippen LogP contribution in [-0.2, 0) is 4.79 Å². The van der Waals surface area contributed by atoms with Gasteiger partial charge < -0.3 is 14.9 Å². The number of nitrogens with zero attached hydrogens (tertiary/aromatic N) is 3. The number of hydrogen-bond acceptors (Lipinski definition) is 5. The van der Waals surface area contributed by atoms with Crippen molar-refractivity contribution in [2.24, 2.45) is 0 Å². The second kappa shape index (κ2) is 6.80. The summed E-state index contributed by atoms with van der Waals surface area (Å²) in [6.07, 6.45) is 1.54. The summed E-state index contributed by atoms with van der Waals surface area (Å²) in [5.41, 5.74) is 0.503. The molecule has 1 aromatic heterocycles. The first kappa shape index (κ1) is 15.6. The highest BCUT2D eigenvalue weighted by atomic mass is 32.2. The highest BCUT2D eigenvalue weighted by molar-refractivity contribution is 7.99. The van der Waals surface area contributed by atoms with Crippen molar-refractivity contribution in [2.75, 3.05) is 37.0 Å². The van der Waals surface area contributed by atoms with E-state index in [1.807, 2.05) is 19.0 Å². The smallest absolute Gasteiger partial charge is 0.305 e. The summed E-state index contributed by atoms with van der Waals surface area (Å²) in [6.45, 7) is 0.580. The van der Waals surface area contributed by atoms with E-state index in [0.29, 0.717) is 17.9 Å². The Morgan fingerprint density at radius 3 is 2.81 bits per heavy atom. The summed E-state index contributed by atoms with van der Waals surface area (Å²) in [4.78, 5) is 31.2. The Bertz CT molecular complexity index is 519. The molecule has 21 heavy (non-hydrogen) atoms. The molecule has 1 aliphatic rings. The molecule has 1 N–H and O–H groups in total. The van der Waals surface area contributed by atoms with Crippen molar-refractivity contribution >= 4 is 29.5 Å². The molecule has 7 heteroatoms. The number of carboxylic acids is 1. The fourth-order valence-electron chi connectivity index (χ4n) is 2.24. The maximum atomic E-state index is 12.5. The average Bonchev–Trinajstić information content (AvgIpc) is 2.46. The minimum atomic E-state index is -0.874. The number of aliphatic carboxylic acids is 1. The van der Waals surface area contributed by atoms with Crippen molar-refractivity contribution in [3.05, 3.63) is 23.9 Å². The number of carbonyl (C=O) groups is 2. The Kier molecular flexibility index (Phi) is 5.06. The van der Waals surface area contributed by atoms with Crippen LogP contribution in [0, 0.1) is 0 Å². The third-order valence-electron chi connectivity index (χ3n) is 3.35. The molecule has 1 aromatic rings. The molecular weight excluding hydrogens is 290 g/mol. The minimum Gasteiger partial charge on any atom is -0.481 e. The molecule has 1 unspecified atom stereocenters. The zero-order valence-corrected chi connectivity index (χ0v) is 13.0. The molecule has 114 valence electrons. The van der Waals surface area contributed by atoms with Gasteiger partial charge in [-0.25, -0.2) is 4.98 Å². The second-order valence-corrected chi connectivity index (χ2v) is 6.27. The first-order valence-corrected chi connectivity index (χ1v) is 7.88. The lowest BCUT2D eigenvalue weighted by Gasteiger charge is -2.34. The van der Waals surface area contributed by atoms with Gasteiger partial charge in [-0.15, -0.1) is 0 Å². The van der Waals surface area contributed by atoms with Crippen molar-refractivity contribution < 1.29 is 14.7 Å². The molecule has 6 nitrogen and oxygen atoms in total. The van der Waals surface area contributed by atoms with Crippen LogP contribution in [-0.4, -0.2) is 65.1 Å². The molecule has 1 fully saturated rings. The summed E-state index contributed by atoms with van der Waals surface area (Å²) in [7, 11) is 3.77. The highest BCUT2D eigenvalue weighted by Gasteiger charge is 2.29. The van der Waals surface area contributed by atoms with E-state index in [1.54, 1.807) is 35.0 Å². The van der Waals surface area contributed by atoms with Crippen LogP contribution in [0.4, 0.5) is 5.82 Å². The molecule has 0 radical (unpaired) electrons. The topological polar surface area (TPSA) is 73.7 Å². The third kappa shape index (κ3) is 3.87. The van der Waals surface area contributed by atoms with Gasteiger partial charge in [-0.05, 0) is 12.1 Å². The van der Waals surface area contributed by atoms with E-state index in [9.17, 15) is 9.59 Å². The van der Waals surface area contributed by atoms with Gasteiger partial charge in [0.1, 0.15) is 5.82 Å². The number of carboxylic acid groups (broad SMARTS) is 1. The molecule has 2 heterocycles. The largest absolute Gasteiger partial charge is 0.481 e. The van der Waals surface area contributed by atoms with Crippen molar-refractivity contribution in [1.29, 1.82) is 0 Å². The first-order chi connectivity index (χ1) is 9.99. The molecule has 2 rings (SSSR count). The average molecular weight is 309 g/mol. The minimum absolute atomic E-state index is 0.0120. The van der Waals surface area contributed by atoms with Crippen LogP contribution in [0.25, 0.3) is 0 Å². The van der Waals surface area contributed by atoms with Gasteiger partial charge in [-0.1, -0.05) is 0 Å². The fraction of sp³-hybridized carbons (Fsp3) is 0.500. The molecule has 0 aromatic carbocycles. The summed E-state index contributed by atoms with van der Waals surface area (Å²) < 4.78 is 0. The van der Waals surface area contributed by atoms with Gasteiger partial charge in [-0.2, -0.15) is 11.8 Å². The summed E-state index contributed by atoms with van der Waals surface area (Å²) in [5.74, 6) is 1.27. The van der Waals surface area contributed by atoms with Crippen molar-refractivity contribution in [3.8, 4) is 0 Å². The van der Waals surface area contributed by atoms with Crippen molar-refractivity contribution in [2.45, 2.75) is 12.5 Å². The SMILES string of the molecule is CN(C)c1ccc(C(=O)N2CCSCC2CC(=O)O)cn1. The highest BCUT2D eigenvalue weighted by Crippen LogP contribution is 2.21. The normalized spacial score (nSPS) is 18.4. The molecule has 0 aliphatic carbocycles. The lowest BCUT2D eigenvalue weighted by molar-refractivity contribution is -0.138. The van der Waals surface area contributed by atoms with Crippen LogP contribution in [0.15, 0.2) is 18.3 Å². The molecule has 1 saturated heterocycles. The number of rotatable bonds is 4. The third-order valence-corrected chi connectivity index (χ3v) is 4.44. The molecule has 0 saturated carbocycles. The molecule has 1 amide bonds. The zero-order valence-electron chi connectivity index (χ0n) is 12.2. The fourth-order valence-corrected chi connectivity index (χ4v) is 3.30. The van der Waals surface area contributed by atoms with Gasteiger partial charge >= 0.3 is 5.97 Å². The van der Waals surface area contributed by atoms with E-state index in [-0.39, 0.29) is 18.4 Å². The maximum Gasteiger partial charge on any atom is 0.305 e. The van der Waals surface area contributed by atoms with Gasteiger partial charge in [-0.3, -0.25) is 9.59 Å². The quantitative estimate of drug-likeness (QED) is 0.900. The lowest BCUT2D eigenvalue weighted by atomic mass is 10.1. The number of amides is 1. The molecule has 1 atom stereocenters. The summed E-state index contributed by atoms with van der Waals surface area (Å²) in [6, 6.07) is 3.28. The number of pyridine rings is 1. The van der Waals surface area contributed by atoms with Crippen molar-refractivity contribution in [1.82, 2.24) is 9.88 Å². The van der Waals surface area contributed by atoms with Crippen LogP contribution in [0.1, 0.15) is 16.8 Å². The van der Waals surface area contributed by atoms with Gasteiger partial charge in [0.2, 0.25) is 0 Å². The lowest BCUT2D eigenvalue weighted by Crippen LogP contribution is -2.47. The number of anilines is 1. The Morgan fingerprint density at radius 2 is 2.24 bits per heavy atom. The Morgan fingerprint density at radius 1 is 1.48 bits per heavy atom. The zero-order chi connectivity index (χ0) is 15.4. The Hall–Kier alpha value is -1.76. The summed E-state index contributed by atoms with van der Waals surface area (Å²) in [5, 5.41) is 8.97. The van der Waals surface area contributed by atoms with E-state index in [2.05, 4.69) is 4.98 Å². The molecule has 0 bridgehead atoms. The van der Waals surface area contributed by atoms with E-state index < -0.39 is 5.97 Å². The molecular formula is C14H19N3O3S. The number of aromatic nitrogens is 1. The predicted octanol–water partition coefficient (Wildman–Crippen LogP) is 1.18. The van der Waals surface area contributed by atoms with Crippen LogP contribution < -0.4 is 4.90 Å². The number of thioether (sulfide) groups is 1. The van der Waals surface area contributed by atoms with Gasteiger partial charge in [0, 0.05) is 38.3 Å². The monoisotopic (exact) mass is 309 g/mol. The second-order valence-electron chi connectivity index (χ2n) is 5.12. The van der Waals surface area contributed by atoms with E-state index in [0.717, 1.165) is 11.6 Å². The Balaban J connectivity index is 2.14. The van der Waals surface area contributed by atoms with E-state index >= 15 is 0 Å². The summed E-state index contributed by atoms with van der Waals surface area (Å²) >= 11 is 1.69. The standard InChI is InChI=1S/C14H19N3O3S/c1-16(2)12-4-3-10(8-15-12)14(20)17-5-6-21-9-11(17)7-13(18)19/h3-4,8,11H,5-7,9H2,1-2H3,(H,18,19).